The van der Waals surface area contributed by atoms with E-state index in [4.69, 9.17) is 0 Å². The molecule has 0 atom stereocenters. The lowest BCUT2D eigenvalue weighted by Crippen LogP contribution is -2.37. The first-order chi connectivity index (χ1) is 8.76. The van der Waals surface area contributed by atoms with Gasteiger partial charge >= 0.3 is 0 Å². The molecule has 0 amide bonds. The van der Waals surface area contributed by atoms with Crippen molar-refractivity contribution in [1.29, 1.82) is 0 Å². The Hall–Kier alpha value is -1.04. The summed E-state index contributed by atoms with van der Waals surface area (Å²) in [4.78, 5) is 4.52. The third-order valence-electron chi connectivity index (χ3n) is 2.51. The third kappa shape index (κ3) is 7.87. The highest BCUT2D eigenvalue weighted by Crippen LogP contribution is 2.04. The highest BCUT2D eigenvalue weighted by Gasteiger charge is 1.96. The van der Waals surface area contributed by atoms with E-state index in [1.165, 1.54) is 11.1 Å². The zero-order chi connectivity index (χ0) is 13.2. The van der Waals surface area contributed by atoms with Gasteiger partial charge in [0.05, 0.1) is 0 Å². The second kappa shape index (κ2) is 10.8. The van der Waals surface area contributed by atoms with Gasteiger partial charge in [0, 0.05) is 19.6 Å². The number of nitrogens with zero attached hydrogens (tertiary/aromatic N) is 1. The molecule has 1 rings (SSSR count). The van der Waals surface area contributed by atoms with Crippen LogP contribution in [-0.4, -0.2) is 25.6 Å². The van der Waals surface area contributed by atoms with Crippen molar-refractivity contribution < 1.29 is 0 Å². The quantitative estimate of drug-likeness (QED) is 0.348. The van der Waals surface area contributed by atoms with Crippen molar-refractivity contribution in [3.8, 4) is 0 Å². The number of guanidine groups is 1. The van der Waals surface area contributed by atoms with Gasteiger partial charge < -0.3 is 10.6 Å². The van der Waals surface area contributed by atoms with Gasteiger partial charge in [-0.05, 0) is 25.8 Å². The summed E-state index contributed by atoms with van der Waals surface area (Å²) in [6, 6.07) is 8.56. The molecule has 0 fully saturated rings. The first-order valence-electron chi connectivity index (χ1n) is 6.45. The molecule has 0 aliphatic carbocycles. The molecule has 3 nitrogen and oxygen atoms in total. The van der Waals surface area contributed by atoms with Crippen molar-refractivity contribution in [3.05, 3.63) is 48.0 Å². The number of aryl methyl sites for hydroxylation is 1. The fraction of sp³-hybridized carbons (Fsp3) is 0.400. The Morgan fingerprint density at radius 1 is 1.37 bits per heavy atom. The van der Waals surface area contributed by atoms with E-state index in [0.717, 1.165) is 32.0 Å². The Morgan fingerprint density at radius 3 is 2.79 bits per heavy atom. The summed E-state index contributed by atoms with van der Waals surface area (Å²) < 4.78 is 0. The van der Waals surface area contributed by atoms with Crippen LogP contribution in [0.3, 0.4) is 0 Å². The van der Waals surface area contributed by atoms with E-state index in [2.05, 4.69) is 60.3 Å². The number of rotatable bonds is 6. The maximum Gasteiger partial charge on any atom is 0.191 e. The van der Waals surface area contributed by atoms with E-state index >= 15 is 0 Å². The lowest BCUT2D eigenvalue weighted by atomic mass is 10.1. The molecule has 0 spiro atoms. The lowest BCUT2D eigenvalue weighted by Gasteiger charge is -2.09. The maximum absolute atomic E-state index is 4.52. The number of halogens is 1. The molecule has 1 aromatic rings. The van der Waals surface area contributed by atoms with Gasteiger partial charge in [-0.2, -0.15) is 0 Å². The predicted molar refractivity (Wildman–Crippen MR) is 94.5 cm³/mol. The number of benzene rings is 1. The maximum atomic E-state index is 4.52. The second-order valence-electron chi connectivity index (χ2n) is 4.17. The molecular formula is C15H24IN3. The van der Waals surface area contributed by atoms with Gasteiger partial charge in [-0.15, -0.1) is 30.6 Å². The topological polar surface area (TPSA) is 36.4 Å². The molecule has 0 bridgehead atoms. The smallest absolute Gasteiger partial charge is 0.191 e. The molecule has 0 saturated carbocycles. The number of hydrogen-bond acceptors (Lipinski definition) is 1. The first-order valence-corrected chi connectivity index (χ1v) is 6.45. The van der Waals surface area contributed by atoms with Crippen molar-refractivity contribution >= 4 is 29.9 Å². The van der Waals surface area contributed by atoms with Crippen LogP contribution < -0.4 is 10.6 Å². The Labute approximate surface area is 133 Å². The highest BCUT2D eigenvalue weighted by atomic mass is 127. The zero-order valence-corrected chi connectivity index (χ0v) is 14.1. The van der Waals surface area contributed by atoms with Crippen molar-refractivity contribution in [1.82, 2.24) is 10.6 Å². The van der Waals surface area contributed by atoms with Gasteiger partial charge in [-0.3, -0.25) is 4.99 Å². The van der Waals surface area contributed by atoms with Crippen LogP contribution >= 0.6 is 24.0 Å². The number of aliphatic imine (C=N–C) groups is 1. The third-order valence-corrected chi connectivity index (χ3v) is 2.51. The lowest BCUT2D eigenvalue weighted by molar-refractivity contribution is 0.851. The van der Waals surface area contributed by atoms with Crippen molar-refractivity contribution in [3.63, 3.8) is 0 Å². The minimum atomic E-state index is 0. The predicted octanol–water partition coefficient (Wildman–Crippen LogP) is 2.90. The van der Waals surface area contributed by atoms with E-state index < -0.39 is 0 Å². The zero-order valence-electron chi connectivity index (χ0n) is 11.8. The van der Waals surface area contributed by atoms with Gasteiger partial charge in [0.15, 0.2) is 5.96 Å². The average Bonchev–Trinajstić information content (AvgIpc) is 2.36. The average molecular weight is 373 g/mol. The molecule has 0 unspecified atom stereocenters. The standard InChI is InChI=1S/C15H23N3.HI/c1-4-10-17-15(16-5-2)18-11-9-14-8-6-7-13(3)12-14;/h4,6-8,12H,1,5,9-11H2,2-3H3,(H2,16,17,18);1H. The molecule has 0 aliphatic heterocycles. The van der Waals surface area contributed by atoms with Gasteiger partial charge in [0.2, 0.25) is 0 Å². The molecule has 4 heteroatoms. The second-order valence-corrected chi connectivity index (χ2v) is 4.17. The van der Waals surface area contributed by atoms with Gasteiger partial charge in [-0.1, -0.05) is 35.9 Å². The van der Waals surface area contributed by atoms with E-state index in [1.807, 2.05) is 6.08 Å². The molecule has 0 radical (unpaired) electrons. The molecule has 0 heterocycles. The van der Waals surface area contributed by atoms with E-state index in [-0.39, 0.29) is 24.0 Å². The van der Waals surface area contributed by atoms with Gasteiger partial charge in [-0.25, -0.2) is 0 Å². The Bertz CT molecular complexity index is 402. The fourth-order valence-electron chi connectivity index (χ4n) is 1.68. The Morgan fingerprint density at radius 2 is 2.16 bits per heavy atom. The highest BCUT2D eigenvalue weighted by molar-refractivity contribution is 14.0. The van der Waals surface area contributed by atoms with Crippen LogP contribution in [-0.2, 0) is 6.42 Å². The summed E-state index contributed by atoms with van der Waals surface area (Å²) in [5.41, 5.74) is 2.63. The Balaban J connectivity index is 0.00000324. The Kier molecular flexibility index (Phi) is 10.2. The minimum absolute atomic E-state index is 0. The minimum Gasteiger partial charge on any atom is -0.357 e. The van der Waals surface area contributed by atoms with Crippen LogP contribution in [0.25, 0.3) is 0 Å². The number of nitrogens with one attached hydrogen (secondary N) is 2. The van der Waals surface area contributed by atoms with Crippen LogP contribution in [0.2, 0.25) is 0 Å². The summed E-state index contributed by atoms with van der Waals surface area (Å²) >= 11 is 0. The van der Waals surface area contributed by atoms with Crippen molar-refractivity contribution in [2.75, 3.05) is 19.6 Å². The van der Waals surface area contributed by atoms with Gasteiger partial charge in [0.1, 0.15) is 0 Å². The van der Waals surface area contributed by atoms with E-state index in [9.17, 15) is 0 Å². The monoisotopic (exact) mass is 373 g/mol. The normalized spacial score (nSPS) is 10.5. The van der Waals surface area contributed by atoms with Crippen molar-refractivity contribution in [2.45, 2.75) is 20.3 Å². The molecule has 2 N–H and O–H groups in total. The molecule has 106 valence electrons. The van der Waals surface area contributed by atoms with Crippen LogP contribution in [0.1, 0.15) is 18.1 Å². The van der Waals surface area contributed by atoms with Crippen LogP contribution in [0.4, 0.5) is 0 Å². The van der Waals surface area contributed by atoms with Crippen LogP contribution in [0.5, 0.6) is 0 Å². The summed E-state index contributed by atoms with van der Waals surface area (Å²) in [5, 5.41) is 6.39. The first kappa shape index (κ1) is 18.0. The summed E-state index contributed by atoms with van der Waals surface area (Å²) in [7, 11) is 0. The summed E-state index contributed by atoms with van der Waals surface area (Å²) in [6.45, 7) is 10.2. The van der Waals surface area contributed by atoms with Crippen LogP contribution in [0.15, 0.2) is 41.9 Å². The molecule has 0 aromatic heterocycles. The molecule has 0 aliphatic rings. The van der Waals surface area contributed by atoms with Crippen LogP contribution in [0, 0.1) is 6.92 Å². The van der Waals surface area contributed by atoms with Gasteiger partial charge in [0.25, 0.3) is 0 Å². The molecule has 19 heavy (non-hydrogen) atoms. The molecule has 1 aromatic carbocycles. The van der Waals surface area contributed by atoms with Crippen molar-refractivity contribution in [2.24, 2.45) is 4.99 Å². The SMILES string of the molecule is C=CCNC(=NCCc1cccc(C)c1)NCC.I. The van der Waals surface area contributed by atoms with E-state index in [0.29, 0.717) is 0 Å². The van der Waals surface area contributed by atoms with E-state index in [1.54, 1.807) is 0 Å². The summed E-state index contributed by atoms with van der Waals surface area (Å²) in [5.74, 6) is 0.852. The fourth-order valence-corrected chi connectivity index (χ4v) is 1.68. The number of hydrogen-bond donors (Lipinski definition) is 2. The molecular weight excluding hydrogens is 349 g/mol. The molecule has 0 saturated heterocycles. The summed E-state index contributed by atoms with van der Waals surface area (Å²) in [6.07, 6.45) is 2.79. The largest absolute Gasteiger partial charge is 0.357 e.